The molecule has 2 amide bonds. The lowest BCUT2D eigenvalue weighted by Gasteiger charge is -2.28. The number of nitrogens with zero attached hydrogens (tertiary/aromatic N) is 1. The Balaban J connectivity index is 1.65. The molecular weight excluding hydrogens is 306 g/mol. The van der Waals surface area contributed by atoms with E-state index in [0.717, 1.165) is 44.7 Å². The summed E-state index contributed by atoms with van der Waals surface area (Å²) < 4.78 is 5.36. The summed E-state index contributed by atoms with van der Waals surface area (Å²) in [5.41, 5.74) is 2.20. The van der Waals surface area contributed by atoms with Gasteiger partial charge in [0.2, 0.25) is 11.8 Å². The van der Waals surface area contributed by atoms with Gasteiger partial charge in [0.25, 0.3) is 0 Å². The van der Waals surface area contributed by atoms with Crippen LogP contribution in [0.4, 0.5) is 5.69 Å². The molecule has 1 aromatic rings. The monoisotopic (exact) mass is 333 g/mol. The molecule has 1 fully saturated rings. The van der Waals surface area contributed by atoms with Gasteiger partial charge in [0, 0.05) is 38.8 Å². The number of nitrogens with one attached hydrogen (secondary N) is 2. The normalized spacial score (nSPS) is 14.3. The Labute approximate surface area is 143 Å². The Kier molecular flexibility index (Phi) is 7.55. The quantitative estimate of drug-likeness (QED) is 0.699. The lowest BCUT2D eigenvalue weighted by molar-refractivity contribution is -0.121. The van der Waals surface area contributed by atoms with Gasteiger partial charge < -0.3 is 20.3 Å². The van der Waals surface area contributed by atoms with Gasteiger partial charge in [-0.1, -0.05) is 12.1 Å². The number of hydrogen-bond donors (Lipinski definition) is 2. The second kappa shape index (κ2) is 9.93. The fraction of sp³-hybridized carbons (Fsp3) is 0.556. The number of amides is 2. The van der Waals surface area contributed by atoms with Crippen LogP contribution in [0.3, 0.4) is 0 Å². The highest BCUT2D eigenvalue weighted by Gasteiger charge is 2.11. The van der Waals surface area contributed by atoms with Gasteiger partial charge in [-0.3, -0.25) is 9.59 Å². The van der Waals surface area contributed by atoms with Crippen LogP contribution in [-0.2, 0) is 20.7 Å². The molecule has 1 aliphatic rings. The van der Waals surface area contributed by atoms with Gasteiger partial charge in [0.15, 0.2) is 0 Å². The Bertz CT molecular complexity index is 525. The molecule has 0 unspecified atom stereocenters. The Morgan fingerprint density at radius 1 is 1.04 bits per heavy atom. The smallest absolute Gasteiger partial charge is 0.224 e. The number of carbonyl (C=O) groups excluding carboxylic acids is 2. The van der Waals surface area contributed by atoms with E-state index in [4.69, 9.17) is 4.74 Å². The van der Waals surface area contributed by atoms with Gasteiger partial charge in [-0.05, 0) is 30.5 Å². The summed E-state index contributed by atoms with van der Waals surface area (Å²) in [6.45, 7) is 6.18. The first-order valence-corrected chi connectivity index (χ1v) is 8.58. The molecule has 1 aliphatic heterocycles. The lowest BCUT2D eigenvalue weighted by Crippen LogP contribution is -2.36. The standard InChI is InChI=1S/C18H27N3O3/c1-15(22)19-8-2-3-9-20-18(23)14-16-4-6-17(7-5-16)21-10-12-24-13-11-21/h4-7H,2-3,8-14H2,1H3,(H,19,22)(H,20,23). The molecule has 1 saturated heterocycles. The van der Waals surface area contributed by atoms with Crippen LogP contribution in [-0.4, -0.2) is 51.2 Å². The van der Waals surface area contributed by atoms with Crippen LogP contribution in [0.2, 0.25) is 0 Å². The van der Waals surface area contributed by atoms with Crippen LogP contribution in [0.25, 0.3) is 0 Å². The molecule has 6 heteroatoms. The third-order valence-corrected chi connectivity index (χ3v) is 3.98. The predicted molar refractivity (Wildman–Crippen MR) is 94.1 cm³/mol. The van der Waals surface area contributed by atoms with Crippen molar-refractivity contribution in [3.8, 4) is 0 Å². The number of carbonyl (C=O) groups is 2. The number of anilines is 1. The van der Waals surface area contributed by atoms with Gasteiger partial charge in [0.1, 0.15) is 0 Å². The highest BCUT2D eigenvalue weighted by Crippen LogP contribution is 2.16. The van der Waals surface area contributed by atoms with Crippen molar-refractivity contribution < 1.29 is 14.3 Å². The maximum atomic E-state index is 11.9. The molecule has 2 N–H and O–H groups in total. The average Bonchev–Trinajstić information content (AvgIpc) is 2.59. The molecule has 1 heterocycles. The summed E-state index contributed by atoms with van der Waals surface area (Å²) in [4.78, 5) is 24.9. The van der Waals surface area contributed by atoms with Crippen molar-refractivity contribution in [2.75, 3.05) is 44.3 Å². The lowest BCUT2D eigenvalue weighted by atomic mass is 10.1. The van der Waals surface area contributed by atoms with E-state index in [1.807, 2.05) is 12.1 Å². The summed E-state index contributed by atoms with van der Waals surface area (Å²) in [5, 5.41) is 5.66. The SMILES string of the molecule is CC(=O)NCCCCNC(=O)Cc1ccc(N2CCOCC2)cc1. The highest BCUT2D eigenvalue weighted by molar-refractivity contribution is 5.78. The van der Waals surface area contributed by atoms with Gasteiger partial charge in [-0.25, -0.2) is 0 Å². The minimum Gasteiger partial charge on any atom is -0.378 e. The van der Waals surface area contributed by atoms with Gasteiger partial charge in [-0.15, -0.1) is 0 Å². The first-order chi connectivity index (χ1) is 11.6. The molecule has 0 saturated carbocycles. The van der Waals surface area contributed by atoms with E-state index in [1.54, 1.807) is 0 Å². The molecule has 0 radical (unpaired) electrons. The molecule has 2 rings (SSSR count). The molecule has 0 spiro atoms. The summed E-state index contributed by atoms with van der Waals surface area (Å²) in [5.74, 6) is 0.0215. The van der Waals surface area contributed by atoms with Crippen molar-refractivity contribution in [3.05, 3.63) is 29.8 Å². The third-order valence-electron chi connectivity index (χ3n) is 3.98. The number of rotatable bonds is 8. The topological polar surface area (TPSA) is 70.7 Å². The summed E-state index contributed by atoms with van der Waals surface area (Å²) in [7, 11) is 0. The van der Waals surface area contributed by atoms with Crippen molar-refractivity contribution in [2.45, 2.75) is 26.2 Å². The molecule has 1 aromatic carbocycles. The van der Waals surface area contributed by atoms with E-state index in [2.05, 4.69) is 27.7 Å². The zero-order valence-electron chi connectivity index (χ0n) is 14.3. The summed E-state index contributed by atoms with van der Waals surface area (Å²) in [6.07, 6.45) is 2.13. The highest BCUT2D eigenvalue weighted by atomic mass is 16.5. The molecule has 132 valence electrons. The molecule has 0 atom stereocenters. The number of morpholine rings is 1. The third kappa shape index (κ3) is 6.58. The maximum Gasteiger partial charge on any atom is 0.224 e. The van der Waals surface area contributed by atoms with E-state index >= 15 is 0 Å². The van der Waals surface area contributed by atoms with Crippen LogP contribution < -0.4 is 15.5 Å². The Hall–Kier alpha value is -2.08. The van der Waals surface area contributed by atoms with Crippen molar-refractivity contribution in [1.82, 2.24) is 10.6 Å². The summed E-state index contributed by atoms with van der Waals surface area (Å²) in [6, 6.07) is 8.17. The van der Waals surface area contributed by atoms with Crippen LogP contribution in [0.5, 0.6) is 0 Å². The zero-order valence-corrected chi connectivity index (χ0v) is 14.3. The first-order valence-electron chi connectivity index (χ1n) is 8.58. The number of unbranched alkanes of at least 4 members (excludes halogenated alkanes) is 1. The second-order valence-electron chi connectivity index (χ2n) is 5.98. The molecular formula is C18H27N3O3. The predicted octanol–water partition coefficient (Wildman–Crippen LogP) is 1.10. The summed E-state index contributed by atoms with van der Waals surface area (Å²) >= 11 is 0. The Morgan fingerprint density at radius 3 is 2.29 bits per heavy atom. The van der Waals surface area contributed by atoms with Crippen molar-refractivity contribution in [3.63, 3.8) is 0 Å². The molecule has 0 aliphatic carbocycles. The van der Waals surface area contributed by atoms with E-state index in [1.165, 1.54) is 12.6 Å². The average molecular weight is 333 g/mol. The first kappa shape index (κ1) is 18.3. The largest absolute Gasteiger partial charge is 0.378 e. The van der Waals surface area contributed by atoms with Crippen LogP contribution in [0, 0.1) is 0 Å². The minimum absolute atomic E-state index is 0.0143. The van der Waals surface area contributed by atoms with E-state index in [0.29, 0.717) is 19.5 Å². The molecule has 0 aromatic heterocycles. The number of benzene rings is 1. The van der Waals surface area contributed by atoms with Crippen molar-refractivity contribution in [2.24, 2.45) is 0 Å². The van der Waals surface area contributed by atoms with Crippen molar-refractivity contribution >= 4 is 17.5 Å². The van der Waals surface area contributed by atoms with Crippen LogP contribution in [0.1, 0.15) is 25.3 Å². The van der Waals surface area contributed by atoms with Gasteiger partial charge in [-0.2, -0.15) is 0 Å². The van der Waals surface area contributed by atoms with E-state index < -0.39 is 0 Å². The minimum atomic E-state index is -0.0143. The number of ether oxygens (including phenoxy) is 1. The zero-order chi connectivity index (χ0) is 17.2. The fourth-order valence-corrected chi connectivity index (χ4v) is 2.64. The molecule has 24 heavy (non-hydrogen) atoms. The van der Waals surface area contributed by atoms with Gasteiger partial charge >= 0.3 is 0 Å². The molecule has 6 nitrogen and oxygen atoms in total. The molecule has 0 bridgehead atoms. The van der Waals surface area contributed by atoms with E-state index in [9.17, 15) is 9.59 Å². The van der Waals surface area contributed by atoms with Crippen molar-refractivity contribution in [1.29, 1.82) is 0 Å². The van der Waals surface area contributed by atoms with Crippen LogP contribution in [0.15, 0.2) is 24.3 Å². The second-order valence-corrected chi connectivity index (χ2v) is 5.98. The van der Waals surface area contributed by atoms with E-state index in [-0.39, 0.29) is 11.8 Å². The van der Waals surface area contributed by atoms with Gasteiger partial charge in [0.05, 0.1) is 19.6 Å². The fourth-order valence-electron chi connectivity index (χ4n) is 2.64. The number of hydrogen-bond acceptors (Lipinski definition) is 4. The van der Waals surface area contributed by atoms with Crippen LogP contribution >= 0.6 is 0 Å². The maximum absolute atomic E-state index is 11.9. The Morgan fingerprint density at radius 2 is 1.67 bits per heavy atom.